The number of benzene rings is 1. The van der Waals surface area contributed by atoms with E-state index in [2.05, 4.69) is 40.5 Å². The molecule has 0 unspecified atom stereocenters. The molecular formula is C22H30N2O2. The summed E-state index contributed by atoms with van der Waals surface area (Å²) in [5.74, 6) is 1.68. The molecule has 3 saturated heterocycles. The van der Waals surface area contributed by atoms with E-state index >= 15 is 0 Å². The molecule has 5 rings (SSSR count). The first kappa shape index (κ1) is 16.8. The van der Waals surface area contributed by atoms with E-state index in [0.29, 0.717) is 17.9 Å². The number of carbonyl (C=O) groups is 1. The van der Waals surface area contributed by atoms with Crippen LogP contribution in [0.5, 0.6) is 0 Å². The third-order valence-corrected chi connectivity index (χ3v) is 7.40. The van der Waals surface area contributed by atoms with Gasteiger partial charge in [0, 0.05) is 43.9 Å². The molecule has 4 atom stereocenters. The van der Waals surface area contributed by atoms with E-state index in [0.717, 1.165) is 45.4 Å². The largest absolute Gasteiger partial charge is 0.370 e. The summed E-state index contributed by atoms with van der Waals surface area (Å²) in [7, 11) is 0. The third-order valence-electron chi connectivity index (χ3n) is 7.40. The van der Waals surface area contributed by atoms with Crippen molar-refractivity contribution < 1.29 is 9.53 Å². The average molecular weight is 354 g/mol. The van der Waals surface area contributed by atoms with Gasteiger partial charge in [0.25, 0.3) is 0 Å². The predicted octanol–water partition coefficient (Wildman–Crippen LogP) is 2.62. The zero-order chi connectivity index (χ0) is 17.6. The van der Waals surface area contributed by atoms with Crippen LogP contribution in [0.1, 0.15) is 37.7 Å². The summed E-state index contributed by atoms with van der Waals surface area (Å²) < 4.78 is 6.52. The molecule has 4 fully saturated rings. The molecule has 4 nitrogen and oxygen atoms in total. The summed E-state index contributed by atoms with van der Waals surface area (Å²) in [5, 5.41) is 3.26. The number of ether oxygens (including phenoxy) is 1. The second-order valence-electron chi connectivity index (χ2n) is 8.87. The van der Waals surface area contributed by atoms with Crippen LogP contribution in [0.15, 0.2) is 30.3 Å². The molecule has 2 bridgehead atoms. The normalized spacial score (nSPS) is 36.1. The maximum atomic E-state index is 12.2. The number of rotatable bonds is 6. The highest BCUT2D eigenvalue weighted by Gasteiger charge is 2.62. The van der Waals surface area contributed by atoms with E-state index in [4.69, 9.17) is 4.74 Å². The first-order valence-corrected chi connectivity index (χ1v) is 10.5. The highest BCUT2D eigenvalue weighted by atomic mass is 16.5. The standard InChI is InChI=1S/C22H30N2O2/c25-21(17-7-4-8-17)23-13-18-19-14-24(12-10-16-5-2-1-3-6-16)15-22(19)11-9-20(18)26-22/h1-3,5-6,17-20H,4,7-15H2,(H,23,25)/t18-,19+,20+,22+/m0/s1. The van der Waals surface area contributed by atoms with E-state index in [1.165, 1.54) is 24.8 Å². The molecule has 140 valence electrons. The lowest BCUT2D eigenvalue weighted by molar-refractivity contribution is -0.127. The van der Waals surface area contributed by atoms with Gasteiger partial charge in [0.05, 0.1) is 11.7 Å². The fraction of sp³-hybridized carbons (Fsp3) is 0.682. The molecule has 0 aromatic heterocycles. The number of fused-ring (bicyclic) bond motifs is 1. The van der Waals surface area contributed by atoms with Gasteiger partial charge in [-0.1, -0.05) is 36.8 Å². The van der Waals surface area contributed by atoms with Gasteiger partial charge in [-0.05, 0) is 37.7 Å². The van der Waals surface area contributed by atoms with Crippen LogP contribution in [0.2, 0.25) is 0 Å². The molecule has 1 aromatic carbocycles. The smallest absolute Gasteiger partial charge is 0.223 e. The van der Waals surface area contributed by atoms with Crippen molar-refractivity contribution >= 4 is 5.91 Å². The molecule has 0 radical (unpaired) electrons. The van der Waals surface area contributed by atoms with Crippen LogP contribution in [0, 0.1) is 17.8 Å². The first-order chi connectivity index (χ1) is 12.7. The number of amides is 1. The van der Waals surface area contributed by atoms with Crippen LogP contribution in [0.4, 0.5) is 0 Å². The number of carbonyl (C=O) groups excluding carboxylic acids is 1. The Morgan fingerprint density at radius 1 is 1.23 bits per heavy atom. The average Bonchev–Trinajstić information content (AvgIpc) is 3.25. The zero-order valence-corrected chi connectivity index (χ0v) is 15.5. The van der Waals surface area contributed by atoms with Gasteiger partial charge >= 0.3 is 0 Å². The Kier molecular flexibility index (Phi) is 4.29. The minimum atomic E-state index is 0.0766. The monoisotopic (exact) mass is 354 g/mol. The summed E-state index contributed by atoms with van der Waals surface area (Å²) in [4.78, 5) is 14.8. The summed E-state index contributed by atoms with van der Waals surface area (Å²) in [6, 6.07) is 10.8. The van der Waals surface area contributed by atoms with Crippen molar-refractivity contribution in [2.45, 2.75) is 50.2 Å². The minimum Gasteiger partial charge on any atom is -0.370 e. The topological polar surface area (TPSA) is 41.6 Å². The number of nitrogens with one attached hydrogen (secondary N) is 1. The van der Waals surface area contributed by atoms with Crippen molar-refractivity contribution in [3.63, 3.8) is 0 Å². The van der Waals surface area contributed by atoms with Crippen molar-refractivity contribution in [3.8, 4) is 0 Å². The molecular weight excluding hydrogens is 324 g/mol. The molecule has 4 heteroatoms. The lowest BCUT2D eigenvalue weighted by Gasteiger charge is -2.31. The van der Waals surface area contributed by atoms with Crippen LogP contribution in [0.3, 0.4) is 0 Å². The second kappa shape index (κ2) is 6.65. The molecule has 4 aliphatic rings. The van der Waals surface area contributed by atoms with Gasteiger partial charge in [-0.15, -0.1) is 0 Å². The van der Waals surface area contributed by atoms with Gasteiger partial charge in [0.1, 0.15) is 0 Å². The molecule has 1 saturated carbocycles. The van der Waals surface area contributed by atoms with E-state index in [1.54, 1.807) is 0 Å². The number of nitrogens with zero attached hydrogens (tertiary/aromatic N) is 1. The molecule has 3 aliphatic heterocycles. The summed E-state index contributed by atoms with van der Waals surface area (Å²) in [5.41, 5.74) is 1.49. The Morgan fingerprint density at radius 2 is 2.08 bits per heavy atom. The van der Waals surface area contributed by atoms with Gasteiger partial charge in [-0.2, -0.15) is 0 Å². The Labute approximate surface area is 156 Å². The molecule has 1 aliphatic carbocycles. The van der Waals surface area contributed by atoms with Gasteiger partial charge in [0.15, 0.2) is 0 Å². The molecule has 3 heterocycles. The van der Waals surface area contributed by atoms with Crippen molar-refractivity contribution in [2.75, 3.05) is 26.2 Å². The van der Waals surface area contributed by atoms with Crippen molar-refractivity contribution in [1.82, 2.24) is 10.2 Å². The maximum Gasteiger partial charge on any atom is 0.223 e. The van der Waals surface area contributed by atoms with Gasteiger partial charge in [-0.25, -0.2) is 0 Å². The van der Waals surface area contributed by atoms with Crippen LogP contribution in [0.25, 0.3) is 0 Å². The summed E-state index contributed by atoms with van der Waals surface area (Å²) in [6.07, 6.45) is 7.24. The second-order valence-corrected chi connectivity index (χ2v) is 8.87. The van der Waals surface area contributed by atoms with Gasteiger partial charge in [-0.3, -0.25) is 9.69 Å². The Morgan fingerprint density at radius 3 is 2.85 bits per heavy atom. The maximum absolute atomic E-state index is 12.2. The fourth-order valence-electron chi connectivity index (χ4n) is 5.70. The van der Waals surface area contributed by atoms with E-state index in [1.807, 2.05) is 0 Å². The fourth-order valence-corrected chi connectivity index (χ4v) is 5.70. The molecule has 26 heavy (non-hydrogen) atoms. The third kappa shape index (κ3) is 2.87. The number of hydrogen-bond acceptors (Lipinski definition) is 3. The minimum absolute atomic E-state index is 0.0766. The highest BCUT2D eigenvalue weighted by molar-refractivity contribution is 5.79. The van der Waals surface area contributed by atoms with Gasteiger partial charge in [0.2, 0.25) is 5.91 Å². The molecule has 1 amide bonds. The molecule has 1 spiro atoms. The zero-order valence-electron chi connectivity index (χ0n) is 15.5. The van der Waals surface area contributed by atoms with Gasteiger partial charge < -0.3 is 10.1 Å². The first-order valence-electron chi connectivity index (χ1n) is 10.5. The van der Waals surface area contributed by atoms with Crippen LogP contribution in [-0.4, -0.2) is 48.7 Å². The SMILES string of the molecule is O=C(NC[C@H]1[C@H]2CN(CCc3ccccc3)C[C@]23CC[C@H]1O3)C1CCC1. The van der Waals surface area contributed by atoms with E-state index in [9.17, 15) is 4.79 Å². The van der Waals surface area contributed by atoms with Crippen LogP contribution in [-0.2, 0) is 16.0 Å². The van der Waals surface area contributed by atoms with Crippen molar-refractivity contribution in [1.29, 1.82) is 0 Å². The van der Waals surface area contributed by atoms with Crippen LogP contribution < -0.4 is 5.32 Å². The molecule has 1 aromatic rings. The summed E-state index contributed by atoms with van der Waals surface area (Å²) >= 11 is 0. The highest BCUT2D eigenvalue weighted by Crippen LogP contribution is 2.54. The summed E-state index contributed by atoms with van der Waals surface area (Å²) in [6.45, 7) is 4.14. The van der Waals surface area contributed by atoms with E-state index < -0.39 is 0 Å². The van der Waals surface area contributed by atoms with Crippen molar-refractivity contribution in [2.24, 2.45) is 17.8 Å². The quantitative estimate of drug-likeness (QED) is 0.854. The lowest BCUT2D eigenvalue weighted by Crippen LogP contribution is -2.44. The van der Waals surface area contributed by atoms with Crippen LogP contribution >= 0.6 is 0 Å². The molecule has 1 N–H and O–H groups in total. The van der Waals surface area contributed by atoms with E-state index in [-0.39, 0.29) is 17.4 Å². The number of likely N-dealkylation sites (tertiary alicyclic amines) is 1. The Bertz CT molecular complexity index is 659. The predicted molar refractivity (Wildman–Crippen MR) is 101 cm³/mol. The van der Waals surface area contributed by atoms with Crippen molar-refractivity contribution in [3.05, 3.63) is 35.9 Å². The lowest BCUT2D eigenvalue weighted by atomic mass is 9.73. The number of hydrogen-bond donors (Lipinski definition) is 1. The Hall–Kier alpha value is -1.39. The Balaban J connectivity index is 1.19.